The summed E-state index contributed by atoms with van der Waals surface area (Å²) in [5.74, 6) is -0.316. The number of carbonyl (C=O) groups is 1. The Kier molecular flexibility index (Phi) is 19.7. The van der Waals surface area contributed by atoms with Gasteiger partial charge < -0.3 is 11.1 Å². The number of hydrogen-bond donors (Lipinski definition) is 2. The molecule has 0 spiro atoms. The quantitative estimate of drug-likeness (QED) is 0.691. The van der Waals surface area contributed by atoms with Crippen LogP contribution in [0.2, 0.25) is 0 Å². The third kappa shape index (κ3) is 18.4. The van der Waals surface area contributed by atoms with Crippen LogP contribution in [0.3, 0.4) is 0 Å². The molecule has 1 amide bonds. The highest BCUT2D eigenvalue weighted by molar-refractivity contribution is 5.91. The molecule has 80 valence electrons. The van der Waals surface area contributed by atoms with E-state index in [9.17, 15) is 4.79 Å². The number of primary amides is 1. The van der Waals surface area contributed by atoms with E-state index in [1.54, 1.807) is 6.92 Å². The predicted octanol–water partition coefficient (Wildman–Crippen LogP) is 1.48. The van der Waals surface area contributed by atoms with Crippen molar-refractivity contribution in [1.82, 2.24) is 5.32 Å². The molecule has 0 saturated carbocycles. The van der Waals surface area contributed by atoms with Crippen molar-refractivity contribution in [1.29, 1.82) is 0 Å². The van der Waals surface area contributed by atoms with Crippen LogP contribution in [-0.2, 0) is 4.79 Å². The summed E-state index contributed by atoms with van der Waals surface area (Å²) in [6.45, 7) is 3.79. The highest BCUT2D eigenvalue weighted by Crippen LogP contribution is 1.95. The molecule has 0 aliphatic heterocycles. The molecule has 0 aromatic rings. The maximum atomic E-state index is 10.4. The van der Waals surface area contributed by atoms with Gasteiger partial charge in [0.2, 0.25) is 5.91 Å². The Morgan fingerprint density at radius 2 is 1.85 bits per heavy atom. The average Bonchev–Trinajstić information content (AvgIpc) is 2.01. The Hall–Kier alpha value is -0.540. The molecule has 3 N–H and O–H groups in total. The third-order valence-electron chi connectivity index (χ3n) is 1.13. The monoisotopic (exact) mass is 208 g/mol. The number of halogens is 1. The van der Waals surface area contributed by atoms with Crippen molar-refractivity contribution in [2.75, 3.05) is 14.1 Å². The number of amides is 1. The summed E-state index contributed by atoms with van der Waals surface area (Å²) in [5.41, 5.74) is 5.63. The van der Waals surface area contributed by atoms with Gasteiger partial charge in [0.1, 0.15) is 0 Å². The molecule has 0 fully saturated rings. The standard InChI is InChI=1S/C7H13NO.C2H7N.ClH/c1-3-4-5-6(2)7(8)9;1-3-2;/h5H,3-4H2,1-2H3,(H2,8,9);3H,1-2H3;1H. The molecule has 0 bridgehead atoms. The molecule has 0 aromatic heterocycles. The van der Waals surface area contributed by atoms with Crippen molar-refractivity contribution in [2.45, 2.75) is 26.7 Å². The molecule has 0 aromatic carbocycles. The summed E-state index contributed by atoms with van der Waals surface area (Å²) in [6.07, 6.45) is 3.86. The Morgan fingerprint density at radius 3 is 2.08 bits per heavy atom. The second-order valence-corrected chi connectivity index (χ2v) is 2.54. The maximum absolute atomic E-state index is 10.4. The molecule has 0 unspecified atom stereocenters. The lowest BCUT2D eigenvalue weighted by molar-refractivity contribution is -0.114. The van der Waals surface area contributed by atoms with Crippen LogP contribution in [0.4, 0.5) is 0 Å². The third-order valence-corrected chi connectivity index (χ3v) is 1.13. The van der Waals surface area contributed by atoms with E-state index in [0.717, 1.165) is 12.8 Å². The van der Waals surface area contributed by atoms with Crippen molar-refractivity contribution < 1.29 is 4.79 Å². The molecule has 0 aliphatic rings. The van der Waals surface area contributed by atoms with Crippen LogP contribution in [0.1, 0.15) is 26.7 Å². The molecular weight excluding hydrogens is 188 g/mol. The topological polar surface area (TPSA) is 55.1 Å². The second kappa shape index (κ2) is 14.0. The number of unbranched alkanes of at least 4 members (excludes halogenated alkanes) is 1. The van der Waals surface area contributed by atoms with E-state index in [4.69, 9.17) is 5.73 Å². The summed E-state index contributed by atoms with van der Waals surface area (Å²) in [4.78, 5) is 10.4. The molecule has 0 rings (SSSR count). The molecule has 0 heterocycles. The lowest BCUT2D eigenvalue weighted by Gasteiger charge is -1.90. The lowest BCUT2D eigenvalue weighted by atomic mass is 10.2. The molecule has 3 nitrogen and oxygen atoms in total. The van der Waals surface area contributed by atoms with E-state index in [0.29, 0.717) is 5.57 Å². The fraction of sp³-hybridized carbons (Fsp3) is 0.667. The molecule has 0 saturated heterocycles. The van der Waals surface area contributed by atoms with Crippen LogP contribution < -0.4 is 11.1 Å². The van der Waals surface area contributed by atoms with Gasteiger partial charge in [-0.2, -0.15) is 0 Å². The Balaban J connectivity index is -0.000000220. The van der Waals surface area contributed by atoms with Gasteiger partial charge in [0.15, 0.2) is 0 Å². The molecule has 0 aliphatic carbocycles. The summed E-state index contributed by atoms with van der Waals surface area (Å²) in [7, 11) is 3.75. The summed E-state index contributed by atoms with van der Waals surface area (Å²) >= 11 is 0. The van der Waals surface area contributed by atoms with Gasteiger partial charge in [0.25, 0.3) is 0 Å². The van der Waals surface area contributed by atoms with E-state index in [1.807, 2.05) is 20.2 Å². The molecule has 0 radical (unpaired) electrons. The van der Waals surface area contributed by atoms with Crippen LogP contribution in [0.15, 0.2) is 11.6 Å². The van der Waals surface area contributed by atoms with E-state index in [1.165, 1.54) is 0 Å². The minimum atomic E-state index is -0.316. The van der Waals surface area contributed by atoms with Crippen molar-refractivity contribution >= 4 is 18.3 Å². The van der Waals surface area contributed by atoms with Crippen LogP contribution in [-0.4, -0.2) is 20.0 Å². The number of nitrogens with two attached hydrogens (primary N) is 1. The first-order valence-corrected chi connectivity index (χ1v) is 4.15. The van der Waals surface area contributed by atoms with Gasteiger partial charge in [0.05, 0.1) is 0 Å². The number of allylic oxidation sites excluding steroid dienone is 1. The van der Waals surface area contributed by atoms with Gasteiger partial charge in [-0.3, -0.25) is 4.79 Å². The minimum Gasteiger partial charge on any atom is -0.366 e. The Labute approximate surface area is 87.2 Å². The fourth-order valence-corrected chi connectivity index (χ4v) is 0.461. The first-order valence-electron chi connectivity index (χ1n) is 4.15. The summed E-state index contributed by atoms with van der Waals surface area (Å²) in [5, 5.41) is 2.75. The average molecular weight is 209 g/mol. The SMILES string of the molecule is CCCC=C(C)C(N)=O.CNC.Cl. The number of nitrogens with one attached hydrogen (secondary N) is 1. The summed E-state index contributed by atoms with van der Waals surface area (Å²) in [6, 6.07) is 0. The zero-order valence-corrected chi connectivity index (χ0v) is 9.70. The zero-order valence-electron chi connectivity index (χ0n) is 8.89. The molecular formula is C9H21ClN2O. The van der Waals surface area contributed by atoms with E-state index in [-0.39, 0.29) is 18.3 Å². The molecule has 13 heavy (non-hydrogen) atoms. The van der Waals surface area contributed by atoms with Crippen molar-refractivity contribution in [3.05, 3.63) is 11.6 Å². The van der Waals surface area contributed by atoms with Gasteiger partial charge in [-0.05, 0) is 27.4 Å². The minimum absolute atomic E-state index is 0. The largest absolute Gasteiger partial charge is 0.366 e. The first kappa shape index (κ1) is 18.3. The lowest BCUT2D eigenvalue weighted by Crippen LogP contribution is -2.11. The summed E-state index contributed by atoms with van der Waals surface area (Å²) < 4.78 is 0. The fourth-order valence-electron chi connectivity index (χ4n) is 0.461. The van der Waals surface area contributed by atoms with E-state index < -0.39 is 0 Å². The maximum Gasteiger partial charge on any atom is 0.244 e. The van der Waals surface area contributed by atoms with Crippen molar-refractivity contribution in [2.24, 2.45) is 5.73 Å². The van der Waals surface area contributed by atoms with Crippen molar-refractivity contribution in [3.63, 3.8) is 0 Å². The van der Waals surface area contributed by atoms with Gasteiger partial charge in [0, 0.05) is 5.57 Å². The van der Waals surface area contributed by atoms with Gasteiger partial charge in [-0.1, -0.05) is 19.4 Å². The highest BCUT2D eigenvalue weighted by atomic mass is 35.5. The normalized spacial score (nSPS) is 9.38. The number of carbonyl (C=O) groups excluding carboxylic acids is 1. The Morgan fingerprint density at radius 1 is 1.46 bits per heavy atom. The van der Waals surface area contributed by atoms with Crippen LogP contribution in [0.5, 0.6) is 0 Å². The van der Waals surface area contributed by atoms with Gasteiger partial charge in [-0.15, -0.1) is 12.4 Å². The van der Waals surface area contributed by atoms with Crippen LogP contribution >= 0.6 is 12.4 Å². The van der Waals surface area contributed by atoms with E-state index >= 15 is 0 Å². The second-order valence-electron chi connectivity index (χ2n) is 2.54. The zero-order chi connectivity index (χ0) is 9.98. The number of rotatable bonds is 3. The first-order chi connectivity index (χ1) is 5.59. The van der Waals surface area contributed by atoms with Gasteiger partial charge >= 0.3 is 0 Å². The predicted molar refractivity (Wildman–Crippen MR) is 60.1 cm³/mol. The molecule has 4 heteroatoms. The smallest absolute Gasteiger partial charge is 0.244 e. The Bertz CT molecular complexity index is 147. The highest BCUT2D eigenvalue weighted by Gasteiger charge is 1.93. The van der Waals surface area contributed by atoms with E-state index in [2.05, 4.69) is 12.2 Å². The number of hydrogen-bond acceptors (Lipinski definition) is 2. The van der Waals surface area contributed by atoms with Gasteiger partial charge in [-0.25, -0.2) is 0 Å². The van der Waals surface area contributed by atoms with Crippen molar-refractivity contribution in [3.8, 4) is 0 Å². The molecule has 0 atom stereocenters. The van der Waals surface area contributed by atoms with Crippen LogP contribution in [0, 0.1) is 0 Å². The van der Waals surface area contributed by atoms with Crippen LogP contribution in [0.25, 0.3) is 0 Å².